The fourth-order valence-corrected chi connectivity index (χ4v) is 2.63. The van der Waals surface area contributed by atoms with E-state index >= 15 is 0 Å². The van der Waals surface area contributed by atoms with E-state index in [1.165, 1.54) is 36.6 Å². The van der Waals surface area contributed by atoms with Crippen LogP contribution in [0.15, 0.2) is 29.6 Å². The normalized spacial score (nSPS) is 10.1. The number of nitrogens with zero attached hydrogens (tertiary/aromatic N) is 1. The number of hydrogen-bond donors (Lipinski definition) is 1. The summed E-state index contributed by atoms with van der Waals surface area (Å²) in [5, 5.41) is 15.3. The number of methoxy groups -OCH3 is 1. The summed E-state index contributed by atoms with van der Waals surface area (Å²) in [6.07, 6.45) is 0. The Labute approximate surface area is 129 Å². The molecule has 1 heterocycles. The molecule has 0 spiro atoms. The van der Waals surface area contributed by atoms with Gasteiger partial charge in [0.15, 0.2) is 0 Å². The van der Waals surface area contributed by atoms with Gasteiger partial charge >= 0.3 is 5.97 Å². The average molecular weight is 320 g/mol. The number of nitro benzene ring substituents is 1. The fourth-order valence-electron chi connectivity index (χ4n) is 1.86. The van der Waals surface area contributed by atoms with E-state index in [2.05, 4.69) is 10.1 Å². The van der Waals surface area contributed by atoms with Crippen LogP contribution in [0, 0.1) is 17.0 Å². The van der Waals surface area contributed by atoms with Crippen molar-refractivity contribution in [1.82, 2.24) is 0 Å². The fraction of sp³-hybridized carbons (Fsp3) is 0.143. The maximum atomic E-state index is 12.3. The number of non-ortho nitro benzene ring substituents is 1. The smallest absolute Gasteiger partial charge is 0.340 e. The number of nitro groups is 1. The Morgan fingerprint density at radius 3 is 2.59 bits per heavy atom. The molecule has 1 N–H and O–H groups in total. The number of rotatable bonds is 4. The third kappa shape index (κ3) is 3.12. The monoisotopic (exact) mass is 320 g/mol. The minimum atomic E-state index is -0.544. The van der Waals surface area contributed by atoms with E-state index in [0.717, 1.165) is 0 Å². The van der Waals surface area contributed by atoms with Gasteiger partial charge in [-0.05, 0) is 30.0 Å². The van der Waals surface area contributed by atoms with Gasteiger partial charge in [-0.25, -0.2) is 4.79 Å². The van der Waals surface area contributed by atoms with Crippen LogP contribution in [-0.2, 0) is 4.74 Å². The number of nitrogens with one attached hydrogen (secondary N) is 1. The molecule has 2 aromatic rings. The first kappa shape index (κ1) is 15.6. The van der Waals surface area contributed by atoms with Crippen LogP contribution in [0.1, 0.15) is 26.3 Å². The number of benzene rings is 1. The molecule has 1 aromatic carbocycles. The topological polar surface area (TPSA) is 98.5 Å². The molecule has 0 saturated heterocycles. The van der Waals surface area contributed by atoms with Crippen molar-refractivity contribution in [3.05, 3.63) is 56.5 Å². The van der Waals surface area contributed by atoms with E-state index in [0.29, 0.717) is 16.1 Å². The lowest BCUT2D eigenvalue weighted by atomic mass is 10.1. The molecule has 7 nitrogen and oxygen atoms in total. The van der Waals surface area contributed by atoms with Crippen LogP contribution in [0.2, 0.25) is 0 Å². The Hall–Kier alpha value is -2.74. The second-order valence-corrected chi connectivity index (χ2v) is 5.28. The van der Waals surface area contributed by atoms with Crippen molar-refractivity contribution < 1.29 is 19.2 Å². The Bertz CT molecular complexity index is 753. The Morgan fingerprint density at radius 2 is 2.00 bits per heavy atom. The summed E-state index contributed by atoms with van der Waals surface area (Å²) in [4.78, 5) is 34.0. The van der Waals surface area contributed by atoms with E-state index in [1.807, 2.05) is 0 Å². The third-order valence-electron chi connectivity index (χ3n) is 2.96. The molecule has 22 heavy (non-hydrogen) atoms. The van der Waals surface area contributed by atoms with Gasteiger partial charge in [-0.15, -0.1) is 11.3 Å². The minimum absolute atomic E-state index is 0.0829. The van der Waals surface area contributed by atoms with Gasteiger partial charge in [0.2, 0.25) is 0 Å². The number of hydrogen-bond acceptors (Lipinski definition) is 6. The van der Waals surface area contributed by atoms with Crippen LogP contribution in [0.5, 0.6) is 0 Å². The summed E-state index contributed by atoms with van der Waals surface area (Å²) in [5.74, 6) is -0.989. The largest absolute Gasteiger partial charge is 0.465 e. The second kappa shape index (κ2) is 6.35. The second-order valence-electron chi connectivity index (χ2n) is 4.37. The lowest BCUT2D eigenvalue weighted by Gasteiger charge is -2.07. The van der Waals surface area contributed by atoms with Crippen LogP contribution < -0.4 is 5.32 Å². The Kier molecular flexibility index (Phi) is 4.52. The van der Waals surface area contributed by atoms with Gasteiger partial charge in [-0.1, -0.05) is 0 Å². The van der Waals surface area contributed by atoms with Gasteiger partial charge in [-0.2, -0.15) is 0 Å². The van der Waals surface area contributed by atoms with Crippen molar-refractivity contribution in [2.45, 2.75) is 6.92 Å². The molecular weight excluding hydrogens is 308 g/mol. The molecule has 114 valence electrons. The zero-order chi connectivity index (χ0) is 16.3. The molecule has 2 rings (SSSR count). The summed E-state index contributed by atoms with van der Waals surface area (Å²) in [6.45, 7) is 1.61. The van der Waals surface area contributed by atoms with Gasteiger partial charge in [0.1, 0.15) is 5.00 Å². The Morgan fingerprint density at radius 1 is 1.27 bits per heavy atom. The minimum Gasteiger partial charge on any atom is -0.465 e. The zero-order valence-corrected chi connectivity index (χ0v) is 12.6. The molecule has 0 saturated carbocycles. The first-order valence-corrected chi connectivity index (χ1v) is 7.04. The maximum Gasteiger partial charge on any atom is 0.340 e. The van der Waals surface area contributed by atoms with Gasteiger partial charge < -0.3 is 10.1 Å². The first-order valence-electron chi connectivity index (χ1n) is 6.16. The molecule has 0 bridgehead atoms. The maximum absolute atomic E-state index is 12.3. The molecule has 0 aliphatic carbocycles. The highest BCUT2D eigenvalue weighted by molar-refractivity contribution is 7.14. The number of thiophene rings is 1. The average Bonchev–Trinajstić information content (AvgIpc) is 2.94. The lowest BCUT2D eigenvalue weighted by molar-refractivity contribution is -0.384. The van der Waals surface area contributed by atoms with Gasteiger partial charge in [0.25, 0.3) is 11.6 Å². The summed E-state index contributed by atoms with van der Waals surface area (Å²) in [7, 11) is 1.26. The van der Waals surface area contributed by atoms with E-state index < -0.39 is 16.8 Å². The highest BCUT2D eigenvalue weighted by atomic mass is 32.1. The van der Waals surface area contributed by atoms with Crippen LogP contribution in [0.4, 0.5) is 10.7 Å². The van der Waals surface area contributed by atoms with Gasteiger partial charge in [-0.3, -0.25) is 14.9 Å². The van der Waals surface area contributed by atoms with Crippen molar-refractivity contribution in [1.29, 1.82) is 0 Å². The first-order chi connectivity index (χ1) is 10.4. The van der Waals surface area contributed by atoms with Crippen LogP contribution in [-0.4, -0.2) is 23.9 Å². The molecule has 1 aromatic heterocycles. The van der Waals surface area contributed by atoms with Crippen LogP contribution >= 0.6 is 11.3 Å². The number of ether oxygens (including phenoxy) is 1. The lowest BCUT2D eigenvalue weighted by Crippen LogP contribution is -2.15. The van der Waals surface area contributed by atoms with Crippen molar-refractivity contribution in [2.75, 3.05) is 12.4 Å². The van der Waals surface area contributed by atoms with E-state index in [9.17, 15) is 19.7 Å². The Balaban J connectivity index is 2.25. The number of esters is 1. The van der Waals surface area contributed by atoms with E-state index in [4.69, 9.17) is 0 Å². The predicted molar refractivity (Wildman–Crippen MR) is 81.4 cm³/mol. The van der Waals surface area contributed by atoms with Crippen LogP contribution in [0.25, 0.3) is 0 Å². The number of carbonyl (C=O) groups is 2. The molecule has 8 heteroatoms. The highest BCUT2D eigenvalue weighted by Gasteiger charge is 2.18. The molecule has 1 amide bonds. The SMILES string of the molecule is COC(=O)c1ccsc1NC(=O)c1ccc([N+](=O)[O-])cc1C. The third-order valence-corrected chi connectivity index (χ3v) is 3.79. The quantitative estimate of drug-likeness (QED) is 0.530. The molecule has 0 unspecified atom stereocenters. The predicted octanol–water partition coefficient (Wildman–Crippen LogP) is 3.00. The summed E-state index contributed by atoms with van der Waals surface area (Å²) >= 11 is 1.19. The molecule has 0 fully saturated rings. The van der Waals surface area contributed by atoms with Crippen molar-refractivity contribution in [2.24, 2.45) is 0 Å². The van der Waals surface area contributed by atoms with Gasteiger partial charge in [0.05, 0.1) is 17.6 Å². The molecule has 0 radical (unpaired) electrons. The number of amides is 1. The number of carbonyl (C=O) groups excluding carboxylic acids is 2. The van der Waals surface area contributed by atoms with Crippen molar-refractivity contribution in [3.8, 4) is 0 Å². The molecular formula is C14H12N2O5S. The molecule has 0 aliphatic rings. The summed E-state index contributed by atoms with van der Waals surface area (Å²) < 4.78 is 4.63. The summed E-state index contributed by atoms with van der Waals surface area (Å²) in [5.41, 5.74) is 0.957. The highest BCUT2D eigenvalue weighted by Crippen LogP contribution is 2.25. The van der Waals surface area contributed by atoms with E-state index in [-0.39, 0.29) is 11.3 Å². The van der Waals surface area contributed by atoms with E-state index in [1.54, 1.807) is 18.4 Å². The zero-order valence-electron chi connectivity index (χ0n) is 11.8. The van der Waals surface area contributed by atoms with Gasteiger partial charge in [0, 0.05) is 17.7 Å². The standard InChI is InChI=1S/C14H12N2O5S/c1-8-7-9(16(19)20)3-4-10(8)12(17)15-13-11(5-6-22-13)14(18)21-2/h3-7H,1-2H3,(H,15,17). The molecule has 0 atom stereocenters. The summed E-state index contributed by atoms with van der Waals surface area (Å²) in [6, 6.07) is 5.52. The van der Waals surface area contributed by atoms with Crippen molar-refractivity contribution in [3.63, 3.8) is 0 Å². The number of anilines is 1. The molecule has 0 aliphatic heterocycles. The number of aryl methyl sites for hydroxylation is 1. The van der Waals surface area contributed by atoms with Crippen LogP contribution in [0.3, 0.4) is 0 Å². The van der Waals surface area contributed by atoms with Crippen molar-refractivity contribution >= 4 is 33.9 Å².